The molecule has 1 unspecified atom stereocenters. The molecular weight excluding hydrogens is 355 g/mol. The number of hydrogen-bond acceptors (Lipinski definition) is 4. The van der Waals surface area contributed by atoms with E-state index in [2.05, 4.69) is 23.3 Å². The molecule has 2 heterocycles. The Balaban J connectivity index is 1.80. The van der Waals surface area contributed by atoms with Gasteiger partial charge in [0.25, 0.3) is 0 Å². The molecule has 1 atom stereocenters. The smallest absolute Gasteiger partial charge is 0.223 e. The maximum atomic E-state index is 13.4. The Morgan fingerprint density at radius 1 is 1.29 bits per heavy atom. The van der Waals surface area contributed by atoms with Crippen molar-refractivity contribution < 1.29 is 9.50 Å². The summed E-state index contributed by atoms with van der Waals surface area (Å²) in [7, 11) is 0. The van der Waals surface area contributed by atoms with E-state index >= 15 is 0 Å². The quantitative estimate of drug-likeness (QED) is 0.609. The summed E-state index contributed by atoms with van der Waals surface area (Å²) in [5.74, 6) is 0.360. The lowest BCUT2D eigenvalue weighted by Crippen LogP contribution is -2.09. The zero-order valence-corrected chi connectivity index (χ0v) is 16.0. The van der Waals surface area contributed by atoms with Crippen LogP contribution in [0.25, 0.3) is 22.3 Å². The topological polar surface area (TPSA) is 63.0 Å². The first-order chi connectivity index (χ1) is 13.7. The van der Waals surface area contributed by atoms with E-state index in [0.717, 1.165) is 54.5 Å². The zero-order chi connectivity index (χ0) is 19.5. The average Bonchev–Trinajstić information content (AvgIpc) is 3.08. The van der Waals surface area contributed by atoms with Gasteiger partial charge in [0.2, 0.25) is 5.95 Å². The third-order valence-electron chi connectivity index (χ3n) is 5.19. The lowest BCUT2D eigenvalue weighted by Gasteiger charge is -2.16. The van der Waals surface area contributed by atoms with E-state index in [0.29, 0.717) is 12.4 Å². The lowest BCUT2D eigenvalue weighted by molar-refractivity contribution is 0.166. The molecule has 2 N–H and O–H groups in total. The minimum absolute atomic E-state index is 0.261. The van der Waals surface area contributed by atoms with Crippen LogP contribution >= 0.6 is 0 Å². The summed E-state index contributed by atoms with van der Waals surface area (Å²) in [5, 5.41) is 13.1. The van der Waals surface area contributed by atoms with E-state index in [1.165, 1.54) is 17.7 Å². The van der Waals surface area contributed by atoms with Gasteiger partial charge in [-0.25, -0.2) is 14.4 Å². The largest absolute Gasteiger partial charge is 0.393 e. The van der Waals surface area contributed by atoms with E-state index in [-0.39, 0.29) is 11.9 Å². The Bertz CT molecular complexity index is 994. The zero-order valence-electron chi connectivity index (χ0n) is 16.0. The number of aliphatic hydroxyl groups excluding tert-OH is 1. The van der Waals surface area contributed by atoms with E-state index in [4.69, 9.17) is 4.98 Å². The fourth-order valence-electron chi connectivity index (χ4n) is 3.59. The summed E-state index contributed by atoms with van der Waals surface area (Å²) in [4.78, 5) is 9.26. The van der Waals surface area contributed by atoms with Gasteiger partial charge in [-0.05, 0) is 55.5 Å². The van der Waals surface area contributed by atoms with Gasteiger partial charge in [0.1, 0.15) is 11.3 Å². The molecule has 0 amide bonds. The van der Waals surface area contributed by atoms with Crippen molar-refractivity contribution in [1.82, 2.24) is 14.5 Å². The van der Waals surface area contributed by atoms with Crippen molar-refractivity contribution in [1.29, 1.82) is 0 Å². The number of halogens is 1. The molecule has 2 aromatic heterocycles. The molecule has 146 valence electrons. The second-order valence-corrected chi connectivity index (χ2v) is 7.25. The Morgan fingerprint density at radius 3 is 2.82 bits per heavy atom. The number of allylic oxidation sites excluding steroid dienone is 1. The van der Waals surface area contributed by atoms with E-state index in [9.17, 15) is 9.50 Å². The van der Waals surface area contributed by atoms with Crippen molar-refractivity contribution in [3.8, 4) is 5.69 Å². The number of nitrogens with one attached hydrogen (secondary N) is 1. The molecule has 0 radical (unpaired) electrons. The first-order valence-corrected chi connectivity index (χ1v) is 9.91. The summed E-state index contributed by atoms with van der Waals surface area (Å²) in [6, 6.07) is 6.42. The second kappa shape index (κ2) is 8.10. The highest BCUT2D eigenvalue weighted by Gasteiger charge is 2.19. The summed E-state index contributed by atoms with van der Waals surface area (Å²) in [5.41, 5.74) is 4.86. The van der Waals surface area contributed by atoms with Gasteiger partial charge in [-0.2, -0.15) is 0 Å². The number of aromatic nitrogens is 3. The summed E-state index contributed by atoms with van der Waals surface area (Å²) in [6.45, 7) is 2.99. The van der Waals surface area contributed by atoms with Crippen molar-refractivity contribution in [3.63, 3.8) is 0 Å². The number of unbranched alkanes of at least 4 members (excludes halogenated alkanes) is 1. The maximum Gasteiger partial charge on any atom is 0.223 e. The van der Waals surface area contributed by atoms with Gasteiger partial charge in [0.15, 0.2) is 0 Å². The van der Waals surface area contributed by atoms with Crippen LogP contribution < -0.4 is 5.32 Å². The Hall–Kier alpha value is -2.73. The number of nitrogens with zero attached hydrogens (tertiary/aromatic N) is 3. The normalized spacial score (nSPS) is 17.0. The highest BCUT2D eigenvalue weighted by Crippen LogP contribution is 2.34. The molecule has 1 aromatic carbocycles. The van der Waals surface area contributed by atoms with Crippen molar-refractivity contribution in [3.05, 3.63) is 54.1 Å². The molecule has 3 aromatic rings. The lowest BCUT2D eigenvalue weighted by atomic mass is 9.93. The summed E-state index contributed by atoms with van der Waals surface area (Å²) < 4.78 is 15.4. The second-order valence-electron chi connectivity index (χ2n) is 7.25. The molecule has 0 fully saturated rings. The number of rotatable bonds is 6. The standard InChI is InChI=1S/C22H25FN4O/c1-2-3-12-24-22-25-13-20-21(26-22)19(15-4-10-18(28)11-5-15)14-27(20)17-8-6-16(23)7-9-17/h4,6-9,13-14,18,28H,2-3,5,10-12H2,1H3,(H,24,25,26). The Labute approximate surface area is 163 Å². The van der Waals surface area contributed by atoms with Crippen molar-refractivity contribution in [2.75, 3.05) is 11.9 Å². The molecule has 1 aliphatic rings. The van der Waals surface area contributed by atoms with E-state index in [1.807, 2.05) is 17.0 Å². The molecule has 0 spiro atoms. The van der Waals surface area contributed by atoms with Crippen LogP contribution in [0, 0.1) is 5.82 Å². The van der Waals surface area contributed by atoms with Crippen molar-refractivity contribution >= 4 is 22.6 Å². The molecule has 28 heavy (non-hydrogen) atoms. The molecule has 0 saturated carbocycles. The van der Waals surface area contributed by atoms with Gasteiger partial charge in [0.05, 0.1) is 17.8 Å². The van der Waals surface area contributed by atoms with Crippen LogP contribution in [0.1, 0.15) is 44.6 Å². The first-order valence-electron chi connectivity index (χ1n) is 9.91. The van der Waals surface area contributed by atoms with Gasteiger partial charge in [-0.3, -0.25) is 0 Å². The molecule has 1 aliphatic carbocycles. The number of benzene rings is 1. The van der Waals surface area contributed by atoms with Crippen LogP contribution in [0.4, 0.5) is 10.3 Å². The van der Waals surface area contributed by atoms with E-state index in [1.54, 1.807) is 12.1 Å². The maximum absolute atomic E-state index is 13.4. The van der Waals surface area contributed by atoms with Crippen LogP contribution in [0.3, 0.4) is 0 Å². The summed E-state index contributed by atoms with van der Waals surface area (Å²) in [6.07, 6.45) is 10.1. The number of aliphatic hydroxyl groups is 1. The Kier molecular flexibility index (Phi) is 5.39. The predicted octanol–water partition coefficient (Wildman–Crippen LogP) is 4.70. The van der Waals surface area contributed by atoms with Gasteiger partial charge in [0, 0.05) is 24.0 Å². The monoisotopic (exact) mass is 380 g/mol. The number of hydrogen-bond donors (Lipinski definition) is 2. The number of anilines is 1. The first kappa shape index (κ1) is 18.6. The molecule has 4 rings (SSSR count). The molecule has 6 heteroatoms. The van der Waals surface area contributed by atoms with Crippen molar-refractivity contribution in [2.24, 2.45) is 0 Å². The summed E-state index contributed by atoms with van der Waals surface area (Å²) >= 11 is 0. The van der Waals surface area contributed by atoms with E-state index < -0.39 is 0 Å². The molecule has 5 nitrogen and oxygen atoms in total. The molecular formula is C22H25FN4O. The van der Waals surface area contributed by atoms with Gasteiger partial charge >= 0.3 is 0 Å². The van der Waals surface area contributed by atoms with Crippen LogP contribution in [-0.4, -0.2) is 32.3 Å². The Morgan fingerprint density at radius 2 is 2.11 bits per heavy atom. The van der Waals surface area contributed by atoms with Crippen LogP contribution in [0.5, 0.6) is 0 Å². The molecule has 0 bridgehead atoms. The van der Waals surface area contributed by atoms with Crippen LogP contribution in [0.2, 0.25) is 0 Å². The highest BCUT2D eigenvalue weighted by molar-refractivity contribution is 5.91. The predicted molar refractivity (Wildman–Crippen MR) is 110 cm³/mol. The van der Waals surface area contributed by atoms with Gasteiger partial charge < -0.3 is 15.0 Å². The van der Waals surface area contributed by atoms with Crippen molar-refractivity contribution in [2.45, 2.75) is 45.1 Å². The van der Waals surface area contributed by atoms with Crippen LogP contribution in [0.15, 0.2) is 42.7 Å². The average molecular weight is 380 g/mol. The van der Waals surface area contributed by atoms with Crippen LogP contribution in [-0.2, 0) is 0 Å². The number of fused-ring (bicyclic) bond motifs is 1. The highest BCUT2D eigenvalue weighted by atomic mass is 19.1. The molecule has 0 saturated heterocycles. The fourth-order valence-corrected chi connectivity index (χ4v) is 3.59. The fraction of sp³-hybridized carbons (Fsp3) is 0.364. The minimum Gasteiger partial charge on any atom is -0.393 e. The SMILES string of the molecule is CCCCNc1ncc2c(n1)c(C1=CCC(O)CC1)cn2-c1ccc(F)cc1. The van der Waals surface area contributed by atoms with Gasteiger partial charge in [-0.15, -0.1) is 0 Å². The third-order valence-corrected chi connectivity index (χ3v) is 5.19. The third kappa shape index (κ3) is 3.78. The molecule has 0 aliphatic heterocycles. The minimum atomic E-state index is -0.268. The van der Waals surface area contributed by atoms with Gasteiger partial charge in [-0.1, -0.05) is 19.4 Å².